The van der Waals surface area contributed by atoms with Gasteiger partial charge in [0.25, 0.3) is 0 Å². The Morgan fingerprint density at radius 1 is 0.291 bits per heavy atom. The second-order valence-corrected chi connectivity index (χ2v) is 13.9. The zero-order valence-corrected chi connectivity index (χ0v) is 30.4. The smallest absolute Gasteiger partial charge is 0.0966 e. The third-order valence-corrected chi connectivity index (χ3v) is 10.4. The van der Waals surface area contributed by atoms with E-state index in [0.717, 1.165) is 27.7 Å². The molecule has 9 aromatic rings. The molecule has 0 unspecified atom stereocenters. The van der Waals surface area contributed by atoms with Crippen molar-refractivity contribution in [2.24, 2.45) is 0 Å². The lowest BCUT2D eigenvalue weighted by atomic mass is 9.85. The molecule has 55 heavy (non-hydrogen) atoms. The maximum absolute atomic E-state index is 6.05. The first kappa shape index (κ1) is 33.9. The van der Waals surface area contributed by atoms with Crippen LogP contribution in [-0.2, 0) is 0 Å². The maximum Gasteiger partial charge on any atom is 0.113 e. The lowest BCUT2D eigenvalue weighted by Crippen LogP contribution is -2.00. The fourth-order valence-corrected chi connectivity index (χ4v) is 7.76. The second kappa shape index (κ2) is 15.2. The Kier molecular flexibility index (Phi) is 9.35. The van der Waals surface area contributed by atoms with Gasteiger partial charge in [0, 0.05) is 0 Å². The highest BCUT2D eigenvalue weighted by atomic mass is 14.2. The zero-order chi connectivity index (χ0) is 37.0. The summed E-state index contributed by atoms with van der Waals surface area (Å²) in [7, 11) is 6.05. The van der Waals surface area contributed by atoms with E-state index in [2.05, 4.69) is 212 Å². The summed E-state index contributed by atoms with van der Waals surface area (Å²) >= 11 is 0. The molecule has 0 N–H and O–H groups in total. The van der Waals surface area contributed by atoms with E-state index in [9.17, 15) is 0 Å². The Labute approximate surface area is 324 Å². The SMILES string of the molecule is [B]c1ccc(/C(=C\c2ccc(-c3c4ccccc4c(-c4ccc(C=C(c5ccccc5)c5ccccc5)cc4)c4ccccc34)cc2)c2ccccc2)cc1. The number of hydrogen-bond donors (Lipinski definition) is 0. The quantitative estimate of drug-likeness (QED) is 0.0843. The van der Waals surface area contributed by atoms with Crippen LogP contribution in [0.15, 0.2) is 212 Å². The molecule has 0 aliphatic rings. The molecule has 0 fully saturated rings. The highest BCUT2D eigenvalue weighted by Crippen LogP contribution is 2.44. The third-order valence-electron chi connectivity index (χ3n) is 10.4. The Morgan fingerprint density at radius 2 is 0.582 bits per heavy atom. The van der Waals surface area contributed by atoms with Gasteiger partial charge < -0.3 is 0 Å². The molecule has 0 saturated carbocycles. The summed E-state index contributed by atoms with van der Waals surface area (Å²) in [5.41, 5.74) is 15.0. The predicted octanol–water partition coefficient (Wildman–Crippen LogP) is 13.3. The minimum Gasteiger partial charge on any atom is -0.0966 e. The summed E-state index contributed by atoms with van der Waals surface area (Å²) in [6.07, 6.45) is 4.57. The first-order valence-corrected chi connectivity index (χ1v) is 18.8. The number of hydrogen-bond acceptors (Lipinski definition) is 0. The van der Waals surface area contributed by atoms with Gasteiger partial charge in [-0.15, -0.1) is 0 Å². The van der Waals surface area contributed by atoms with E-state index < -0.39 is 0 Å². The molecule has 2 radical (unpaired) electrons. The van der Waals surface area contributed by atoms with Crippen LogP contribution in [-0.4, -0.2) is 7.85 Å². The first-order chi connectivity index (χ1) is 27.2. The van der Waals surface area contributed by atoms with Crippen LogP contribution >= 0.6 is 0 Å². The molecule has 1 heteroatoms. The van der Waals surface area contributed by atoms with Gasteiger partial charge in [0.2, 0.25) is 0 Å². The summed E-state index contributed by atoms with van der Waals surface area (Å²) in [6.45, 7) is 0. The van der Waals surface area contributed by atoms with Gasteiger partial charge in [-0.1, -0.05) is 218 Å². The highest BCUT2D eigenvalue weighted by molar-refractivity contribution is 6.32. The Bertz CT molecular complexity index is 2700. The van der Waals surface area contributed by atoms with E-state index in [0.29, 0.717) is 0 Å². The van der Waals surface area contributed by atoms with Crippen molar-refractivity contribution in [2.75, 3.05) is 0 Å². The molecule has 9 aromatic carbocycles. The van der Waals surface area contributed by atoms with Crippen LogP contribution < -0.4 is 5.46 Å². The van der Waals surface area contributed by atoms with Gasteiger partial charge in [-0.2, -0.15) is 0 Å². The minimum absolute atomic E-state index is 0.761. The molecule has 0 saturated heterocycles. The first-order valence-electron chi connectivity index (χ1n) is 18.8. The van der Waals surface area contributed by atoms with Gasteiger partial charge in [0.05, 0.1) is 0 Å². The van der Waals surface area contributed by atoms with Gasteiger partial charge in [0.1, 0.15) is 7.85 Å². The van der Waals surface area contributed by atoms with Crippen molar-refractivity contribution in [3.05, 3.63) is 246 Å². The van der Waals surface area contributed by atoms with Gasteiger partial charge in [-0.25, -0.2) is 0 Å². The molecule has 0 atom stereocenters. The summed E-state index contributed by atoms with van der Waals surface area (Å²) in [5.74, 6) is 0. The molecular weight excluding hydrogens is 659 g/mol. The van der Waals surface area contributed by atoms with Gasteiger partial charge in [0.15, 0.2) is 0 Å². The third kappa shape index (κ3) is 6.97. The van der Waals surface area contributed by atoms with E-state index in [4.69, 9.17) is 7.85 Å². The monoisotopic (exact) mass is 696 g/mol. The molecule has 0 aliphatic carbocycles. The molecule has 0 nitrogen and oxygen atoms in total. The van der Waals surface area contributed by atoms with Crippen molar-refractivity contribution in [1.82, 2.24) is 0 Å². The maximum atomic E-state index is 6.05. The van der Waals surface area contributed by atoms with E-state index in [1.807, 2.05) is 12.1 Å². The lowest BCUT2D eigenvalue weighted by Gasteiger charge is -2.18. The van der Waals surface area contributed by atoms with Crippen LogP contribution in [0.3, 0.4) is 0 Å². The van der Waals surface area contributed by atoms with Crippen LogP contribution in [0.25, 0.3) is 67.1 Å². The fraction of sp³-hybridized carbons (Fsp3) is 0. The largest absolute Gasteiger partial charge is 0.113 e. The second-order valence-electron chi connectivity index (χ2n) is 13.9. The molecule has 0 aliphatic heterocycles. The highest BCUT2D eigenvalue weighted by Gasteiger charge is 2.17. The van der Waals surface area contributed by atoms with Crippen molar-refractivity contribution >= 4 is 58.2 Å². The van der Waals surface area contributed by atoms with Gasteiger partial charge >= 0.3 is 0 Å². The summed E-state index contributed by atoms with van der Waals surface area (Å²) in [6, 6.07) is 75.7. The van der Waals surface area contributed by atoms with Crippen LogP contribution in [0.1, 0.15) is 33.4 Å². The molecule has 0 spiro atoms. The fourth-order valence-electron chi connectivity index (χ4n) is 7.76. The molecule has 0 amide bonds. The average Bonchev–Trinajstić information content (AvgIpc) is 3.26. The Morgan fingerprint density at radius 3 is 0.909 bits per heavy atom. The van der Waals surface area contributed by atoms with Crippen molar-refractivity contribution in [1.29, 1.82) is 0 Å². The van der Waals surface area contributed by atoms with Crippen molar-refractivity contribution in [3.8, 4) is 22.3 Å². The number of rotatable bonds is 8. The van der Waals surface area contributed by atoms with Crippen LogP contribution in [0.5, 0.6) is 0 Å². The van der Waals surface area contributed by atoms with E-state index in [-0.39, 0.29) is 0 Å². The normalized spacial score (nSPS) is 11.5. The Balaban J connectivity index is 1.13. The van der Waals surface area contributed by atoms with Crippen molar-refractivity contribution in [2.45, 2.75) is 0 Å². The zero-order valence-electron chi connectivity index (χ0n) is 30.4. The topological polar surface area (TPSA) is 0 Å². The van der Waals surface area contributed by atoms with Crippen molar-refractivity contribution < 1.29 is 0 Å². The van der Waals surface area contributed by atoms with Gasteiger partial charge in [-0.3, -0.25) is 0 Å². The lowest BCUT2D eigenvalue weighted by molar-refractivity contribution is 1.55. The molecule has 0 aromatic heterocycles. The van der Waals surface area contributed by atoms with Crippen LogP contribution in [0.4, 0.5) is 0 Å². The van der Waals surface area contributed by atoms with Crippen molar-refractivity contribution in [3.63, 3.8) is 0 Å². The molecule has 9 rings (SSSR count). The molecule has 0 bridgehead atoms. The predicted molar refractivity (Wildman–Crippen MR) is 237 cm³/mol. The van der Waals surface area contributed by atoms with Gasteiger partial charge in [-0.05, 0) is 100 Å². The standard InChI is InChI=1S/C54H37B/c55-46-34-32-43(33-35-46)52(42-18-8-3-9-19-42)37-39-26-30-45(31-27-39)54-49-22-12-10-20-47(49)53(48-21-11-13-23-50(48)54)44-28-24-38(25-29-44)36-51(40-14-4-1-5-15-40)41-16-6-2-7-17-41/h1-37H/b52-37-. The summed E-state index contributed by atoms with van der Waals surface area (Å²) in [5, 5.41) is 4.97. The minimum atomic E-state index is 0.761. The summed E-state index contributed by atoms with van der Waals surface area (Å²) in [4.78, 5) is 0. The average molecular weight is 697 g/mol. The van der Waals surface area contributed by atoms with E-state index in [1.165, 1.54) is 66.1 Å². The number of fused-ring (bicyclic) bond motifs is 2. The molecule has 256 valence electrons. The number of benzene rings is 9. The molecule has 0 heterocycles. The van der Waals surface area contributed by atoms with Crippen LogP contribution in [0, 0.1) is 0 Å². The summed E-state index contributed by atoms with van der Waals surface area (Å²) < 4.78 is 0. The van der Waals surface area contributed by atoms with E-state index >= 15 is 0 Å². The molecular formula is C54H37B. The van der Waals surface area contributed by atoms with Crippen LogP contribution in [0.2, 0.25) is 0 Å². The Hall–Kier alpha value is -6.96. The van der Waals surface area contributed by atoms with E-state index in [1.54, 1.807) is 0 Å².